The fraction of sp³-hybridized carbons (Fsp3) is 0.542. The number of Topliss-reactive ketones (excluding diaryl/α,β-unsaturated/α-hetero) is 3. The maximum absolute atomic E-state index is 13.7. The van der Waals surface area contributed by atoms with Crippen LogP contribution >= 0.6 is 11.6 Å². The highest BCUT2D eigenvalue weighted by atomic mass is 35.5. The summed E-state index contributed by atoms with van der Waals surface area (Å²) >= 11 is 6.74. The number of nitrogens with two attached hydrogens (primary N) is 1. The van der Waals surface area contributed by atoms with E-state index in [-0.39, 0.29) is 30.2 Å². The molecule has 1 aromatic rings. The van der Waals surface area contributed by atoms with Crippen molar-refractivity contribution in [3.05, 3.63) is 27.8 Å². The van der Waals surface area contributed by atoms with Crippen molar-refractivity contribution >= 4 is 40.6 Å². The smallest absolute Gasteiger partial charge is 0.233 e. The van der Waals surface area contributed by atoms with Crippen LogP contribution in [0.5, 0.6) is 5.75 Å². The van der Waals surface area contributed by atoms with Crippen LogP contribution in [0.3, 0.4) is 0 Å². The number of carbonyl (C=O) groups is 4. The average molecular weight is 503 g/mol. The quantitative estimate of drug-likeness (QED) is 0.313. The number of hydrogen-bond acceptors (Lipinski definition) is 9. The van der Waals surface area contributed by atoms with E-state index in [0.29, 0.717) is 16.1 Å². The van der Waals surface area contributed by atoms with E-state index >= 15 is 0 Å². The van der Waals surface area contributed by atoms with Crippen molar-refractivity contribution in [2.24, 2.45) is 29.4 Å². The highest BCUT2D eigenvalue weighted by Gasteiger charge is 2.67. The number of halogens is 1. The molecule has 0 bridgehead atoms. The summed E-state index contributed by atoms with van der Waals surface area (Å²) in [4.78, 5) is 52.3. The van der Waals surface area contributed by atoms with Crippen LogP contribution in [-0.4, -0.2) is 64.4 Å². The predicted octanol–water partition coefficient (Wildman–Crippen LogP) is 0.0534. The molecule has 7 N–H and O–H groups in total. The standard InChI is InChI=1S/C24H27ClN4O6/c1-28-18-11-6-8-5-10-15(13(30)7-9(17(10)25)12-3-2-4-29-12)19(31)14(8)22(33)24(11,35)21(26)16(20(18)32)23(27)34/h7-8,11-12,14,16,18,26,28-30,35H,2-6H2,1H3,(H2,27,34). The SMILES string of the molecule is CNC1C(=O)C(C(N)=O)C(=N)C2(O)C(=O)C3C(=O)c4c(O)cc(C5CCCN5)c(Cl)c4CC3CC12. The maximum atomic E-state index is 13.7. The Bertz CT molecular complexity index is 1190. The van der Waals surface area contributed by atoms with Gasteiger partial charge in [-0.05, 0) is 62.4 Å². The molecule has 5 rings (SSSR count). The summed E-state index contributed by atoms with van der Waals surface area (Å²) in [5.74, 6) is -8.51. The molecule has 3 fully saturated rings. The number of amides is 1. The molecule has 2 saturated carbocycles. The second kappa shape index (κ2) is 8.19. The third-order valence-corrected chi connectivity index (χ3v) is 8.76. The highest BCUT2D eigenvalue weighted by Crippen LogP contribution is 2.51. The molecule has 3 aliphatic carbocycles. The van der Waals surface area contributed by atoms with Gasteiger partial charge in [0.05, 0.1) is 23.2 Å². The van der Waals surface area contributed by atoms with Crippen molar-refractivity contribution in [2.45, 2.75) is 43.4 Å². The number of phenols is 1. The van der Waals surface area contributed by atoms with Gasteiger partial charge in [0.25, 0.3) is 0 Å². The molecule has 35 heavy (non-hydrogen) atoms. The summed E-state index contributed by atoms with van der Waals surface area (Å²) < 4.78 is 0. The van der Waals surface area contributed by atoms with Gasteiger partial charge in [0.2, 0.25) is 5.91 Å². The number of rotatable bonds is 3. The summed E-state index contributed by atoms with van der Waals surface area (Å²) in [6, 6.07) is 0.292. The number of fused-ring (bicyclic) bond motifs is 3. The highest BCUT2D eigenvalue weighted by molar-refractivity contribution is 6.35. The van der Waals surface area contributed by atoms with Gasteiger partial charge >= 0.3 is 0 Å². The lowest BCUT2D eigenvalue weighted by atomic mass is 9.52. The van der Waals surface area contributed by atoms with Crippen LogP contribution in [0.15, 0.2) is 6.07 Å². The average Bonchev–Trinajstić information content (AvgIpc) is 3.33. The molecule has 0 radical (unpaired) electrons. The minimum Gasteiger partial charge on any atom is -0.507 e. The maximum Gasteiger partial charge on any atom is 0.233 e. The number of hydrogen-bond donors (Lipinski definition) is 6. The van der Waals surface area contributed by atoms with Crippen molar-refractivity contribution in [2.75, 3.05) is 13.6 Å². The normalized spacial score (nSPS) is 36.5. The van der Waals surface area contributed by atoms with Crippen LogP contribution in [0.25, 0.3) is 0 Å². The van der Waals surface area contributed by atoms with Crippen LogP contribution in [0.4, 0.5) is 0 Å². The number of phenolic OH excluding ortho intramolecular Hbond substituents is 1. The van der Waals surface area contributed by atoms with Crippen LogP contribution in [0.1, 0.15) is 46.8 Å². The van der Waals surface area contributed by atoms with Crippen LogP contribution in [0.2, 0.25) is 5.02 Å². The number of likely N-dealkylation sites (N-methyl/N-ethyl adjacent to an activating group) is 1. The molecule has 0 aromatic heterocycles. The minimum absolute atomic E-state index is 0.0524. The van der Waals surface area contributed by atoms with Crippen LogP contribution < -0.4 is 16.4 Å². The zero-order valence-corrected chi connectivity index (χ0v) is 19.8. The molecule has 1 amide bonds. The Morgan fingerprint density at radius 1 is 1.34 bits per heavy atom. The fourth-order valence-electron chi connectivity index (χ4n) is 6.69. The number of nitrogens with one attached hydrogen (secondary N) is 3. The molecule has 0 spiro atoms. The van der Waals surface area contributed by atoms with Gasteiger partial charge in [0.15, 0.2) is 23.0 Å². The Hall–Kier alpha value is -2.66. The molecule has 11 heteroatoms. The summed E-state index contributed by atoms with van der Waals surface area (Å²) in [5.41, 5.74) is 3.13. The van der Waals surface area contributed by atoms with Crippen molar-refractivity contribution in [3.8, 4) is 5.75 Å². The van der Waals surface area contributed by atoms with Crippen molar-refractivity contribution < 1.29 is 29.4 Å². The topological polar surface area (TPSA) is 183 Å². The van der Waals surface area contributed by atoms with Crippen LogP contribution in [0, 0.1) is 29.1 Å². The first-order chi connectivity index (χ1) is 16.5. The molecule has 10 nitrogen and oxygen atoms in total. The van der Waals surface area contributed by atoms with E-state index in [2.05, 4.69) is 10.6 Å². The van der Waals surface area contributed by atoms with E-state index in [1.54, 1.807) is 0 Å². The second-order valence-corrected chi connectivity index (χ2v) is 10.4. The number of benzene rings is 1. The Kier molecular flexibility index (Phi) is 5.63. The van der Waals surface area contributed by atoms with Gasteiger partial charge in [-0.3, -0.25) is 19.2 Å². The third-order valence-electron chi connectivity index (χ3n) is 8.31. The molecule has 1 saturated heterocycles. The van der Waals surface area contributed by atoms with Crippen molar-refractivity contribution in [1.29, 1.82) is 5.41 Å². The van der Waals surface area contributed by atoms with Gasteiger partial charge in [-0.2, -0.15) is 0 Å². The largest absolute Gasteiger partial charge is 0.507 e. The molecule has 7 unspecified atom stereocenters. The van der Waals surface area contributed by atoms with E-state index in [9.17, 15) is 29.4 Å². The first kappa shape index (κ1) is 24.1. The van der Waals surface area contributed by atoms with Crippen molar-refractivity contribution in [1.82, 2.24) is 10.6 Å². The Labute approximate surface area is 206 Å². The lowest BCUT2D eigenvalue weighted by Crippen LogP contribution is -2.73. The van der Waals surface area contributed by atoms with E-state index in [0.717, 1.165) is 19.4 Å². The molecular formula is C24H27ClN4O6. The Morgan fingerprint density at radius 3 is 2.66 bits per heavy atom. The summed E-state index contributed by atoms with van der Waals surface area (Å²) in [5, 5.41) is 37.3. The fourth-order valence-corrected chi connectivity index (χ4v) is 7.04. The van der Waals surface area contributed by atoms with Crippen LogP contribution in [-0.2, 0) is 20.8 Å². The van der Waals surface area contributed by atoms with E-state index in [1.165, 1.54) is 13.1 Å². The number of primary amides is 1. The van der Waals surface area contributed by atoms with Crippen molar-refractivity contribution in [3.63, 3.8) is 0 Å². The van der Waals surface area contributed by atoms with E-state index in [4.69, 9.17) is 22.7 Å². The molecule has 7 atom stereocenters. The molecule has 4 aliphatic rings. The zero-order chi connectivity index (χ0) is 25.4. The first-order valence-electron chi connectivity index (χ1n) is 11.7. The zero-order valence-electron chi connectivity index (χ0n) is 19.1. The number of ketones is 3. The summed E-state index contributed by atoms with van der Waals surface area (Å²) in [6.45, 7) is 0.814. The summed E-state index contributed by atoms with van der Waals surface area (Å²) in [6.07, 6.45) is 2.04. The monoisotopic (exact) mass is 502 g/mol. The number of aliphatic hydroxyl groups is 1. The molecular weight excluding hydrogens is 476 g/mol. The number of aromatic hydroxyl groups is 1. The molecule has 1 aliphatic heterocycles. The number of carbonyl (C=O) groups excluding carboxylic acids is 4. The summed E-state index contributed by atoms with van der Waals surface area (Å²) in [7, 11) is 1.46. The second-order valence-electron chi connectivity index (χ2n) is 10.00. The van der Waals surface area contributed by atoms with Gasteiger partial charge in [-0.25, -0.2) is 0 Å². The minimum atomic E-state index is -2.51. The van der Waals surface area contributed by atoms with Gasteiger partial charge in [-0.15, -0.1) is 0 Å². The van der Waals surface area contributed by atoms with Gasteiger partial charge in [0, 0.05) is 17.0 Å². The van der Waals surface area contributed by atoms with Gasteiger partial charge in [0.1, 0.15) is 11.7 Å². The van der Waals surface area contributed by atoms with Gasteiger partial charge in [-0.1, -0.05) is 11.6 Å². The lowest BCUT2D eigenvalue weighted by molar-refractivity contribution is -0.153. The Balaban J connectivity index is 1.61. The predicted molar refractivity (Wildman–Crippen MR) is 124 cm³/mol. The first-order valence-corrected chi connectivity index (χ1v) is 12.1. The molecule has 186 valence electrons. The lowest BCUT2D eigenvalue weighted by Gasteiger charge is -2.52. The Morgan fingerprint density at radius 2 is 2.06 bits per heavy atom. The van der Waals surface area contributed by atoms with E-state index in [1.807, 2.05) is 0 Å². The third kappa shape index (κ3) is 3.16. The van der Waals surface area contributed by atoms with Gasteiger partial charge < -0.3 is 32.0 Å². The molecule has 1 heterocycles. The van der Waals surface area contributed by atoms with E-state index < -0.39 is 64.3 Å². The molecule has 1 aromatic carbocycles.